The van der Waals surface area contributed by atoms with Crippen LogP contribution in [0.5, 0.6) is 0 Å². The van der Waals surface area contributed by atoms with E-state index < -0.39 is 6.16 Å². The summed E-state index contributed by atoms with van der Waals surface area (Å²) >= 11 is 0. The van der Waals surface area contributed by atoms with Gasteiger partial charge in [0, 0.05) is 0 Å². The molecule has 0 aromatic heterocycles. The summed E-state index contributed by atoms with van der Waals surface area (Å²) < 4.78 is 9.53. The lowest BCUT2D eigenvalue weighted by Gasteiger charge is -2.03. The van der Waals surface area contributed by atoms with Crippen LogP contribution in [0, 0.1) is 0 Å². The van der Waals surface area contributed by atoms with Crippen LogP contribution in [0.1, 0.15) is 6.92 Å². The van der Waals surface area contributed by atoms with Crippen molar-refractivity contribution in [3.8, 4) is 0 Å². The quantitative estimate of drug-likeness (QED) is 0.631. The van der Waals surface area contributed by atoms with E-state index in [9.17, 15) is 4.79 Å². The monoisotopic (exact) mass is 192 g/mol. The van der Waals surface area contributed by atoms with Gasteiger partial charge < -0.3 is 9.47 Å². The molecular weight excluding hydrogens is 180 g/mol. The van der Waals surface area contributed by atoms with Gasteiger partial charge >= 0.3 is 6.16 Å². The number of rotatable bonds is 2. The molecule has 0 fully saturated rings. The number of carbonyl (C=O) groups is 1. The first-order chi connectivity index (χ1) is 6.83. The summed E-state index contributed by atoms with van der Waals surface area (Å²) in [5.41, 5.74) is 0. The fraction of sp³-hybridized carbons (Fsp3) is 0.182. The number of allylic oxidation sites excluding steroid dienone is 7. The molecule has 0 aromatic carbocycles. The molecule has 0 amide bonds. The summed E-state index contributed by atoms with van der Waals surface area (Å²) in [5.74, 6) is 0.462. The molecule has 3 heteroatoms. The number of hydrogen-bond donors (Lipinski definition) is 0. The summed E-state index contributed by atoms with van der Waals surface area (Å²) in [7, 11) is 0. The minimum atomic E-state index is -0.679. The van der Waals surface area contributed by atoms with E-state index in [0.29, 0.717) is 12.4 Å². The summed E-state index contributed by atoms with van der Waals surface area (Å²) in [6.07, 6.45) is 11.8. The van der Waals surface area contributed by atoms with E-state index >= 15 is 0 Å². The molecule has 1 aliphatic carbocycles. The number of carbonyl (C=O) groups excluding carboxylic acids is 1. The molecule has 0 unspecified atom stereocenters. The van der Waals surface area contributed by atoms with E-state index in [1.165, 1.54) is 0 Å². The van der Waals surface area contributed by atoms with E-state index in [-0.39, 0.29) is 0 Å². The minimum absolute atomic E-state index is 0.311. The molecule has 0 spiro atoms. The van der Waals surface area contributed by atoms with Crippen molar-refractivity contribution >= 4 is 6.16 Å². The van der Waals surface area contributed by atoms with Gasteiger partial charge in [-0.3, -0.25) is 0 Å². The summed E-state index contributed by atoms with van der Waals surface area (Å²) in [4.78, 5) is 10.9. The molecule has 3 nitrogen and oxygen atoms in total. The van der Waals surface area contributed by atoms with Gasteiger partial charge in [-0.1, -0.05) is 30.4 Å². The van der Waals surface area contributed by atoms with E-state index in [1.54, 1.807) is 31.2 Å². The molecule has 1 aliphatic rings. The molecule has 0 atom stereocenters. The van der Waals surface area contributed by atoms with Gasteiger partial charge in [0.15, 0.2) is 0 Å². The van der Waals surface area contributed by atoms with Crippen molar-refractivity contribution in [1.29, 1.82) is 0 Å². The average molecular weight is 192 g/mol. The van der Waals surface area contributed by atoms with Gasteiger partial charge in [-0.15, -0.1) is 0 Å². The highest BCUT2D eigenvalue weighted by Crippen LogP contribution is 2.04. The maximum absolute atomic E-state index is 10.9. The van der Waals surface area contributed by atoms with E-state index in [1.807, 2.05) is 18.2 Å². The highest BCUT2D eigenvalue weighted by molar-refractivity contribution is 5.62. The molecule has 0 saturated heterocycles. The minimum Gasteiger partial charge on any atom is -0.434 e. The first kappa shape index (κ1) is 10.3. The smallest absolute Gasteiger partial charge is 0.434 e. The normalized spacial score (nSPS) is 24.8. The lowest BCUT2D eigenvalue weighted by atomic mass is 10.3. The van der Waals surface area contributed by atoms with Gasteiger partial charge in [0.2, 0.25) is 0 Å². The Hall–Kier alpha value is -1.77. The Balaban J connectivity index is 2.55. The highest BCUT2D eigenvalue weighted by atomic mass is 16.7. The second-order valence-corrected chi connectivity index (χ2v) is 2.48. The van der Waals surface area contributed by atoms with Crippen molar-refractivity contribution in [1.82, 2.24) is 0 Å². The largest absolute Gasteiger partial charge is 0.513 e. The molecule has 0 radical (unpaired) electrons. The molecule has 0 aliphatic heterocycles. The first-order valence-electron chi connectivity index (χ1n) is 4.39. The summed E-state index contributed by atoms with van der Waals surface area (Å²) in [5, 5.41) is 0. The maximum atomic E-state index is 10.9. The zero-order valence-corrected chi connectivity index (χ0v) is 7.97. The van der Waals surface area contributed by atoms with Crippen LogP contribution in [0.2, 0.25) is 0 Å². The second kappa shape index (κ2) is 5.80. The molecule has 1 rings (SSSR count). The molecule has 0 N–H and O–H groups in total. The van der Waals surface area contributed by atoms with Gasteiger partial charge in [0.05, 0.1) is 6.61 Å². The van der Waals surface area contributed by atoms with E-state index in [2.05, 4.69) is 4.74 Å². The third-order valence-electron chi connectivity index (χ3n) is 1.43. The third-order valence-corrected chi connectivity index (χ3v) is 1.43. The maximum Gasteiger partial charge on any atom is 0.513 e. The van der Waals surface area contributed by atoms with Crippen LogP contribution in [0.4, 0.5) is 4.79 Å². The molecule has 0 bridgehead atoms. The van der Waals surface area contributed by atoms with E-state index in [0.717, 1.165) is 0 Å². The van der Waals surface area contributed by atoms with Crippen molar-refractivity contribution < 1.29 is 14.3 Å². The lowest BCUT2D eigenvalue weighted by molar-refractivity contribution is 0.0841. The Morgan fingerprint density at radius 3 is 2.71 bits per heavy atom. The fourth-order valence-corrected chi connectivity index (χ4v) is 0.860. The van der Waals surface area contributed by atoms with Crippen LogP contribution >= 0.6 is 0 Å². The summed E-state index contributed by atoms with van der Waals surface area (Å²) in [6, 6.07) is 0. The molecule has 14 heavy (non-hydrogen) atoms. The van der Waals surface area contributed by atoms with Crippen molar-refractivity contribution in [2.75, 3.05) is 6.61 Å². The molecular formula is C11H12O3. The predicted octanol–water partition coefficient (Wildman–Crippen LogP) is 2.73. The average Bonchev–Trinajstić information content (AvgIpc) is 2.10. The molecule has 74 valence electrons. The van der Waals surface area contributed by atoms with Gasteiger partial charge in [-0.05, 0) is 19.1 Å². The summed E-state index contributed by atoms with van der Waals surface area (Å²) in [6.45, 7) is 2.04. The Kier molecular flexibility index (Phi) is 4.27. The zero-order chi connectivity index (χ0) is 10.2. The SMILES string of the molecule is CCOC(=O)OC1=C/C=C\C=C/C=C\1. The van der Waals surface area contributed by atoms with Crippen LogP contribution in [0.15, 0.2) is 48.3 Å². The molecule has 0 aromatic rings. The molecule has 0 saturated carbocycles. The number of hydrogen-bond acceptors (Lipinski definition) is 3. The van der Waals surface area contributed by atoms with Crippen LogP contribution < -0.4 is 0 Å². The Bertz CT molecular complexity index is 308. The zero-order valence-electron chi connectivity index (χ0n) is 7.97. The van der Waals surface area contributed by atoms with Crippen LogP contribution in [-0.2, 0) is 9.47 Å². The fourth-order valence-electron chi connectivity index (χ4n) is 0.860. The van der Waals surface area contributed by atoms with Crippen molar-refractivity contribution in [2.24, 2.45) is 0 Å². The van der Waals surface area contributed by atoms with Gasteiger partial charge in [-0.2, -0.15) is 0 Å². The second-order valence-electron chi connectivity index (χ2n) is 2.48. The number of ether oxygens (including phenoxy) is 2. The Labute approximate surface area is 83.0 Å². The molecule has 0 heterocycles. The lowest BCUT2D eigenvalue weighted by Crippen LogP contribution is -2.05. The van der Waals surface area contributed by atoms with Gasteiger partial charge in [-0.25, -0.2) is 4.79 Å². The highest BCUT2D eigenvalue weighted by Gasteiger charge is 2.03. The first-order valence-corrected chi connectivity index (χ1v) is 4.39. The Morgan fingerprint density at radius 2 is 1.93 bits per heavy atom. The van der Waals surface area contributed by atoms with E-state index in [4.69, 9.17) is 4.74 Å². The van der Waals surface area contributed by atoms with Crippen molar-refractivity contribution in [3.05, 3.63) is 48.3 Å². The standard InChI is InChI=1S/C11H12O3/c1-2-13-11(12)14-10-8-6-4-3-5-7-9-10/h3-9H,2H2,1H3/b4-3-,5-3?,6-4?,7-5-,8-6-,9-7?,10-8?,10-9+. The van der Waals surface area contributed by atoms with Crippen molar-refractivity contribution in [3.63, 3.8) is 0 Å². The third kappa shape index (κ3) is 3.76. The Morgan fingerprint density at radius 1 is 1.21 bits per heavy atom. The predicted molar refractivity (Wildman–Crippen MR) is 53.6 cm³/mol. The topological polar surface area (TPSA) is 35.5 Å². The van der Waals surface area contributed by atoms with Crippen molar-refractivity contribution in [2.45, 2.75) is 6.92 Å². The van der Waals surface area contributed by atoms with Crippen LogP contribution in [-0.4, -0.2) is 12.8 Å². The van der Waals surface area contributed by atoms with Gasteiger partial charge in [0.1, 0.15) is 5.76 Å². The van der Waals surface area contributed by atoms with Crippen LogP contribution in [0.25, 0.3) is 0 Å². The van der Waals surface area contributed by atoms with Crippen LogP contribution in [0.3, 0.4) is 0 Å². The van der Waals surface area contributed by atoms with Gasteiger partial charge in [0.25, 0.3) is 0 Å².